The summed E-state index contributed by atoms with van der Waals surface area (Å²) in [7, 11) is 0. The fourth-order valence-electron chi connectivity index (χ4n) is 1.60. The van der Waals surface area contributed by atoms with Crippen LogP contribution >= 0.6 is 15.9 Å². The Balaban J connectivity index is 2.35. The molecule has 0 aliphatic rings. The molecule has 4 N–H and O–H groups in total. The average molecular weight is 343 g/mol. The molecule has 104 valence electrons. The van der Waals surface area contributed by atoms with Crippen molar-refractivity contribution in [3.8, 4) is 5.75 Å². The number of benzene rings is 2. The Labute approximate surface area is 121 Å². The zero-order valence-corrected chi connectivity index (χ0v) is 11.5. The first-order chi connectivity index (χ1) is 9.38. The maximum atomic E-state index is 13.6. The molecule has 0 fully saturated rings. The number of nitrogens with one attached hydrogen (secondary N) is 1. The zero-order chi connectivity index (χ0) is 14.9. The van der Waals surface area contributed by atoms with Crippen molar-refractivity contribution >= 4 is 33.2 Å². The molecule has 0 aliphatic carbocycles. The molecule has 4 nitrogen and oxygen atoms in total. The normalized spacial score (nSPS) is 10.3. The van der Waals surface area contributed by atoms with E-state index in [9.17, 15) is 18.7 Å². The monoisotopic (exact) mass is 342 g/mol. The number of phenolic OH excluding ortho intramolecular Hbond substituents is 1. The number of hydrogen-bond donors (Lipinski definition) is 3. The van der Waals surface area contributed by atoms with Crippen molar-refractivity contribution in [2.24, 2.45) is 0 Å². The van der Waals surface area contributed by atoms with Gasteiger partial charge in [0.1, 0.15) is 17.3 Å². The van der Waals surface area contributed by atoms with E-state index in [1.54, 1.807) is 6.07 Å². The van der Waals surface area contributed by atoms with E-state index in [0.29, 0.717) is 10.5 Å². The Bertz CT molecular complexity index is 669. The van der Waals surface area contributed by atoms with Crippen molar-refractivity contribution in [2.45, 2.75) is 0 Å². The molecule has 0 saturated heterocycles. The van der Waals surface area contributed by atoms with Crippen LogP contribution in [0.15, 0.2) is 34.8 Å². The van der Waals surface area contributed by atoms with Gasteiger partial charge in [0, 0.05) is 10.5 Å². The summed E-state index contributed by atoms with van der Waals surface area (Å²) in [6.07, 6.45) is 0. The Morgan fingerprint density at radius 1 is 1.25 bits per heavy atom. The lowest BCUT2D eigenvalue weighted by atomic mass is 10.1. The number of aromatic hydroxyl groups is 1. The summed E-state index contributed by atoms with van der Waals surface area (Å²) < 4.78 is 27.0. The van der Waals surface area contributed by atoms with Crippen LogP contribution in [0.2, 0.25) is 0 Å². The smallest absolute Gasteiger partial charge is 0.259 e. The Morgan fingerprint density at radius 3 is 2.60 bits per heavy atom. The number of carbonyl (C=O) groups excluding carboxylic acids is 1. The molecule has 0 saturated carbocycles. The molecule has 7 heteroatoms. The molecule has 0 aromatic heterocycles. The van der Waals surface area contributed by atoms with E-state index in [0.717, 1.165) is 6.07 Å². The molecule has 0 radical (unpaired) electrons. The molecule has 2 rings (SSSR count). The van der Waals surface area contributed by atoms with Crippen molar-refractivity contribution in [1.82, 2.24) is 0 Å². The number of amides is 1. The quantitative estimate of drug-likeness (QED) is 0.733. The summed E-state index contributed by atoms with van der Waals surface area (Å²) in [5.41, 5.74) is 4.80. The molecule has 0 atom stereocenters. The molecular weight excluding hydrogens is 334 g/mol. The Hall–Kier alpha value is -2.15. The van der Waals surface area contributed by atoms with Crippen LogP contribution in [0.5, 0.6) is 5.75 Å². The number of rotatable bonds is 2. The fraction of sp³-hybridized carbons (Fsp3) is 0. The minimum absolute atomic E-state index is 0.0671. The van der Waals surface area contributed by atoms with E-state index in [4.69, 9.17) is 5.73 Å². The van der Waals surface area contributed by atoms with E-state index < -0.39 is 17.5 Å². The number of phenols is 1. The number of nitrogens with two attached hydrogens (primary N) is 1. The highest BCUT2D eigenvalue weighted by Crippen LogP contribution is 2.27. The van der Waals surface area contributed by atoms with Gasteiger partial charge >= 0.3 is 0 Å². The van der Waals surface area contributed by atoms with Gasteiger partial charge in [0.15, 0.2) is 5.82 Å². The van der Waals surface area contributed by atoms with Gasteiger partial charge in [-0.15, -0.1) is 0 Å². The van der Waals surface area contributed by atoms with Gasteiger partial charge in [0.25, 0.3) is 5.91 Å². The highest BCUT2D eigenvalue weighted by Gasteiger charge is 2.16. The van der Waals surface area contributed by atoms with E-state index in [2.05, 4.69) is 21.2 Å². The predicted octanol–water partition coefficient (Wildman–Crippen LogP) is 3.27. The van der Waals surface area contributed by atoms with Crippen molar-refractivity contribution < 1.29 is 18.7 Å². The van der Waals surface area contributed by atoms with E-state index >= 15 is 0 Å². The number of anilines is 2. The van der Waals surface area contributed by atoms with Crippen LogP contribution in [0.3, 0.4) is 0 Å². The van der Waals surface area contributed by atoms with Crippen molar-refractivity contribution in [1.29, 1.82) is 0 Å². The van der Waals surface area contributed by atoms with Gasteiger partial charge in [-0.05, 0) is 24.3 Å². The minimum Gasteiger partial charge on any atom is -0.507 e. The topological polar surface area (TPSA) is 75.3 Å². The summed E-state index contributed by atoms with van der Waals surface area (Å²) in [5.74, 6) is -2.87. The third-order valence-corrected chi connectivity index (χ3v) is 3.02. The van der Waals surface area contributed by atoms with Gasteiger partial charge < -0.3 is 16.2 Å². The largest absolute Gasteiger partial charge is 0.507 e. The molecule has 2 aromatic carbocycles. The predicted molar refractivity (Wildman–Crippen MR) is 74.5 cm³/mol. The van der Waals surface area contributed by atoms with E-state index in [-0.39, 0.29) is 22.7 Å². The number of hydrogen-bond acceptors (Lipinski definition) is 3. The highest BCUT2D eigenvalue weighted by atomic mass is 79.9. The summed E-state index contributed by atoms with van der Waals surface area (Å²) in [5, 5.41) is 11.8. The number of halogens is 3. The van der Waals surface area contributed by atoms with Crippen LogP contribution in [0.1, 0.15) is 10.4 Å². The molecule has 0 heterocycles. The summed E-state index contributed by atoms with van der Waals surface area (Å²) >= 11 is 3.15. The van der Waals surface area contributed by atoms with Crippen molar-refractivity contribution in [2.75, 3.05) is 11.1 Å². The van der Waals surface area contributed by atoms with Crippen LogP contribution in [0.25, 0.3) is 0 Å². The van der Waals surface area contributed by atoms with Crippen LogP contribution in [-0.4, -0.2) is 11.0 Å². The van der Waals surface area contributed by atoms with Crippen LogP contribution < -0.4 is 11.1 Å². The molecule has 0 unspecified atom stereocenters. The van der Waals surface area contributed by atoms with Gasteiger partial charge in [0.05, 0.1) is 11.3 Å². The third-order valence-electron chi connectivity index (χ3n) is 2.53. The summed E-state index contributed by atoms with van der Waals surface area (Å²) in [4.78, 5) is 12.0. The molecule has 2 aromatic rings. The Kier molecular flexibility index (Phi) is 3.89. The minimum atomic E-state index is -0.995. The molecule has 1 amide bonds. The lowest BCUT2D eigenvalue weighted by molar-refractivity contribution is 0.102. The second kappa shape index (κ2) is 5.46. The highest BCUT2D eigenvalue weighted by molar-refractivity contribution is 9.10. The average Bonchev–Trinajstić information content (AvgIpc) is 2.36. The van der Waals surface area contributed by atoms with Gasteiger partial charge in [-0.25, -0.2) is 8.78 Å². The van der Waals surface area contributed by atoms with Crippen LogP contribution in [0, 0.1) is 11.6 Å². The summed E-state index contributed by atoms with van der Waals surface area (Å²) in [6.45, 7) is 0. The first kappa shape index (κ1) is 14.3. The summed E-state index contributed by atoms with van der Waals surface area (Å²) in [6, 6.07) is 5.71. The number of carbonyl (C=O) groups is 1. The SMILES string of the molecule is Nc1cc(F)cc(F)c1NC(=O)c1cc(Br)ccc1O. The second-order valence-electron chi connectivity index (χ2n) is 3.97. The van der Waals surface area contributed by atoms with Crippen molar-refractivity contribution in [3.63, 3.8) is 0 Å². The van der Waals surface area contributed by atoms with E-state index in [1.165, 1.54) is 12.1 Å². The third kappa shape index (κ3) is 2.88. The maximum absolute atomic E-state index is 13.6. The molecule has 0 bridgehead atoms. The van der Waals surface area contributed by atoms with Crippen molar-refractivity contribution in [3.05, 3.63) is 52.0 Å². The zero-order valence-electron chi connectivity index (χ0n) is 9.95. The molecule has 20 heavy (non-hydrogen) atoms. The fourth-order valence-corrected chi connectivity index (χ4v) is 1.96. The van der Waals surface area contributed by atoms with Crippen LogP contribution in [-0.2, 0) is 0 Å². The first-order valence-electron chi connectivity index (χ1n) is 5.43. The lowest BCUT2D eigenvalue weighted by Gasteiger charge is -2.10. The first-order valence-corrected chi connectivity index (χ1v) is 6.22. The van der Waals surface area contributed by atoms with Gasteiger partial charge in [-0.1, -0.05) is 15.9 Å². The van der Waals surface area contributed by atoms with Gasteiger partial charge in [-0.3, -0.25) is 4.79 Å². The molecule has 0 spiro atoms. The van der Waals surface area contributed by atoms with Gasteiger partial charge in [-0.2, -0.15) is 0 Å². The standard InChI is InChI=1S/C13H9BrF2N2O2/c14-6-1-2-11(19)8(3-6)13(20)18-12-9(16)4-7(15)5-10(12)17/h1-5,19H,17H2,(H,18,20). The van der Waals surface area contributed by atoms with Crippen LogP contribution in [0.4, 0.5) is 20.2 Å². The molecular formula is C13H9BrF2N2O2. The number of nitrogen functional groups attached to an aromatic ring is 1. The maximum Gasteiger partial charge on any atom is 0.259 e. The second-order valence-corrected chi connectivity index (χ2v) is 4.88. The Morgan fingerprint density at radius 2 is 1.95 bits per heavy atom. The van der Waals surface area contributed by atoms with E-state index in [1.807, 2.05) is 0 Å². The molecule has 0 aliphatic heterocycles. The lowest BCUT2D eigenvalue weighted by Crippen LogP contribution is -2.15. The van der Waals surface area contributed by atoms with Gasteiger partial charge in [0.2, 0.25) is 0 Å².